The Morgan fingerprint density at radius 2 is 1.00 bits per heavy atom. The second kappa shape index (κ2) is 10.6. The molecule has 4 rings (SSSR count). The van der Waals surface area contributed by atoms with Gasteiger partial charge in [-0.1, -0.05) is 91.0 Å². The molecule has 0 saturated carbocycles. The molecule has 3 aromatic carbocycles. The van der Waals surface area contributed by atoms with Crippen LogP contribution < -0.4 is 10.6 Å². The van der Waals surface area contributed by atoms with Crippen molar-refractivity contribution in [3.63, 3.8) is 0 Å². The lowest BCUT2D eigenvalue weighted by molar-refractivity contribution is -0.149. The molecule has 0 radical (unpaired) electrons. The van der Waals surface area contributed by atoms with Gasteiger partial charge >= 0.3 is 11.9 Å². The SMILES string of the molecule is CC(C)(C)OC(=O)C1=CC(c2ccccc2)=CC(C(=O)OC(C)(C)C)=P1(c1ccccc1)c1ccccc1. The van der Waals surface area contributed by atoms with Gasteiger partial charge in [0.05, 0.1) is 10.6 Å². The fourth-order valence-electron chi connectivity index (χ4n) is 4.52. The smallest absolute Gasteiger partial charge is 0.339 e. The van der Waals surface area contributed by atoms with E-state index in [-0.39, 0.29) is 0 Å². The Kier molecular flexibility index (Phi) is 7.67. The van der Waals surface area contributed by atoms with Crippen LogP contribution in [0.2, 0.25) is 0 Å². The van der Waals surface area contributed by atoms with E-state index in [4.69, 9.17) is 9.47 Å². The van der Waals surface area contributed by atoms with Crippen molar-refractivity contribution in [1.82, 2.24) is 0 Å². The first-order chi connectivity index (χ1) is 17.9. The molecular formula is C33H35O4P. The number of hydrogen-bond donors (Lipinski definition) is 0. The molecule has 0 bridgehead atoms. The number of rotatable bonds is 5. The van der Waals surface area contributed by atoms with Crippen LogP contribution in [0.25, 0.3) is 5.57 Å². The molecule has 0 atom stereocenters. The monoisotopic (exact) mass is 526 g/mol. The van der Waals surface area contributed by atoms with Crippen molar-refractivity contribution in [3.8, 4) is 0 Å². The van der Waals surface area contributed by atoms with Gasteiger partial charge in [-0.05, 0) is 82.3 Å². The summed E-state index contributed by atoms with van der Waals surface area (Å²) in [6.07, 6.45) is 3.82. The predicted octanol–water partition coefficient (Wildman–Crippen LogP) is 6.49. The Morgan fingerprint density at radius 3 is 1.45 bits per heavy atom. The maximum absolute atomic E-state index is 14.2. The molecule has 0 N–H and O–H groups in total. The lowest BCUT2D eigenvalue weighted by Crippen LogP contribution is -2.36. The maximum atomic E-state index is 14.2. The minimum Gasteiger partial charge on any atom is -0.456 e. The number of carbonyl (C=O) groups is 2. The van der Waals surface area contributed by atoms with Gasteiger partial charge in [-0.25, -0.2) is 9.59 Å². The van der Waals surface area contributed by atoms with Gasteiger partial charge in [-0.3, -0.25) is 0 Å². The van der Waals surface area contributed by atoms with E-state index in [0.29, 0.717) is 10.6 Å². The summed E-state index contributed by atoms with van der Waals surface area (Å²) >= 11 is 0. The number of esters is 2. The average molecular weight is 527 g/mol. The molecule has 0 saturated heterocycles. The predicted molar refractivity (Wildman–Crippen MR) is 158 cm³/mol. The minimum absolute atomic E-state index is 0.443. The molecule has 38 heavy (non-hydrogen) atoms. The van der Waals surface area contributed by atoms with Gasteiger partial charge in [-0.2, -0.15) is 0 Å². The molecule has 0 fully saturated rings. The first kappa shape index (κ1) is 27.4. The molecule has 0 aromatic heterocycles. The molecule has 1 aliphatic heterocycles. The highest BCUT2D eigenvalue weighted by atomic mass is 31.2. The van der Waals surface area contributed by atoms with E-state index >= 15 is 0 Å². The average Bonchev–Trinajstić information content (AvgIpc) is 2.87. The van der Waals surface area contributed by atoms with E-state index in [1.54, 1.807) is 0 Å². The van der Waals surface area contributed by atoms with Crippen molar-refractivity contribution >= 4 is 40.3 Å². The highest BCUT2D eigenvalue weighted by Gasteiger charge is 2.42. The van der Waals surface area contributed by atoms with Crippen LogP contribution in [-0.4, -0.2) is 28.4 Å². The van der Waals surface area contributed by atoms with E-state index in [1.165, 1.54) is 0 Å². The Hall–Kier alpha value is -3.62. The Balaban J connectivity index is 2.20. The lowest BCUT2D eigenvalue weighted by Gasteiger charge is -2.36. The number of allylic oxidation sites excluding steroid dienone is 2. The molecule has 0 spiro atoms. The zero-order valence-electron chi connectivity index (χ0n) is 22.9. The highest BCUT2D eigenvalue weighted by Crippen LogP contribution is 2.58. The number of carbonyl (C=O) groups excluding carboxylic acids is 2. The van der Waals surface area contributed by atoms with Crippen LogP contribution in [0.1, 0.15) is 47.1 Å². The number of ether oxygens (including phenoxy) is 2. The molecular weight excluding hydrogens is 491 g/mol. The molecule has 196 valence electrons. The van der Waals surface area contributed by atoms with Crippen LogP contribution in [0, 0.1) is 0 Å². The van der Waals surface area contributed by atoms with E-state index in [2.05, 4.69) is 0 Å². The molecule has 0 amide bonds. The van der Waals surface area contributed by atoms with Crippen molar-refractivity contribution in [2.24, 2.45) is 0 Å². The summed E-state index contributed by atoms with van der Waals surface area (Å²) in [6.45, 7) is 8.11. The van der Waals surface area contributed by atoms with E-state index in [0.717, 1.165) is 21.7 Å². The summed E-state index contributed by atoms with van der Waals surface area (Å²) in [5.41, 5.74) is 0.214. The summed E-state index contributed by atoms with van der Waals surface area (Å²) < 4.78 is 12.0. The summed E-state index contributed by atoms with van der Waals surface area (Å²) in [4.78, 5) is 28.3. The van der Waals surface area contributed by atoms with Crippen LogP contribution in [0.3, 0.4) is 0 Å². The standard InChI is InChI=1S/C33H35O4P/c1-32(2,3)36-30(34)28-22-25(24-16-10-7-11-17-24)23-29(31(35)37-33(4,5)6)38(28,26-18-12-8-13-19-26)27-20-14-9-15-21-27/h7-23H,1-6H3. The summed E-state index contributed by atoms with van der Waals surface area (Å²) in [5.74, 6) is -0.887. The van der Waals surface area contributed by atoms with Crippen molar-refractivity contribution in [1.29, 1.82) is 0 Å². The second-order valence-corrected chi connectivity index (χ2v) is 14.6. The molecule has 1 aliphatic rings. The first-order valence-corrected chi connectivity index (χ1v) is 14.5. The third-order valence-corrected chi connectivity index (χ3v) is 10.1. The van der Waals surface area contributed by atoms with Crippen LogP contribution in [0.15, 0.2) is 108 Å². The van der Waals surface area contributed by atoms with Gasteiger partial charge in [0, 0.05) is 0 Å². The van der Waals surface area contributed by atoms with Gasteiger partial charge in [0.2, 0.25) is 0 Å². The van der Waals surface area contributed by atoms with E-state index < -0.39 is 30.0 Å². The Labute approximate surface area is 226 Å². The lowest BCUT2D eigenvalue weighted by atomic mass is 10.0. The zero-order valence-corrected chi connectivity index (χ0v) is 23.8. The normalized spacial score (nSPS) is 15.3. The molecule has 5 heteroatoms. The molecule has 3 aromatic rings. The topological polar surface area (TPSA) is 52.6 Å². The van der Waals surface area contributed by atoms with Gasteiger partial charge in [-0.15, -0.1) is 0 Å². The summed E-state index contributed by atoms with van der Waals surface area (Å²) in [5, 5.41) is 2.69. The van der Waals surface area contributed by atoms with Crippen molar-refractivity contribution < 1.29 is 19.1 Å². The fourth-order valence-corrected chi connectivity index (χ4v) is 8.73. The van der Waals surface area contributed by atoms with E-state index in [1.807, 2.05) is 145 Å². The van der Waals surface area contributed by atoms with Crippen molar-refractivity contribution in [3.05, 3.63) is 114 Å². The maximum Gasteiger partial charge on any atom is 0.339 e. The summed E-state index contributed by atoms with van der Waals surface area (Å²) in [7, 11) is 0. The minimum atomic E-state index is -3.01. The van der Waals surface area contributed by atoms with E-state index in [9.17, 15) is 9.59 Å². The van der Waals surface area contributed by atoms with Gasteiger partial charge in [0.25, 0.3) is 0 Å². The first-order valence-electron chi connectivity index (χ1n) is 12.8. The summed E-state index contributed by atoms with van der Waals surface area (Å²) in [6, 6.07) is 29.4. The quantitative estimate of drug-likeness (QED) is 0.282. The van der Waals surface area contributed by atoms with Crippen LogP contribution in [0.5, 0.6) is 0 Å². The third kappa shape index (κ3) is 5.76. The second-order valence-electron chi connectivity index (χ2n) is 11.2. The largest absolute Gasteiger partial charge is 0.456 e. The zero-order chi connectivity index (χ0) is 27.6. The van der Waals surface area contributed by atoms with Crippen LogP contribution >= 0.6 is 6.89 Å². The van der Waals surface area contributed by atoms with Crippen molar-refractivity contribution in [2.75, 3.05) is 0 Å². The molecule has 0 unspecified atom stereocenters. The van der Waals surface area contributed by atoms with Gasteiger partial charge < -0.3 is 9.47 Å². The van der Waals surface area contributed by atoms with Crippen molar-refractivity contribution in [2.45, 2.75) is 52.7 Å². The molecule has 0 aliphatic carbocycles. The Bertz CT molecular complexity index is 1390. The number of hydrogen-bond acceptors (Lipinski definition) is 4. The van der Waals surface area contributed by atoms with Gasteiger partial charge in [0.1, 0.15) is 11.2 Å². The van der Waals surface area contributed by atoms with Gasteiger partial charge in [0.15, 0.2) is 0 Å². The fraction of sp³-hybridized carbons (Fsp3) is 0.242. The third-order valence-electron chi connectivity index (χ3n) is 5.92. The van der Waals surface area contributed by atoms with Crippen LogP contribution in [0.4, 0.5) is 0 Å². The Morgan fingerprint density at radius 1 is 0.579 bits per heavy atom. The molecule has 1 heterocycles. The number of benzene rings is 3. The van der Waals surface area contributed by atoms with Crippen LogP contribution in [-0.2, 0) is 19.1 Å². The molecule has 4 nitrogen and oxygen atoms in total. The highest BCUT2D eigenvalue weighted by molar-refractivity contribution is 7.95.